The first kappa shape index (κ1) is 24.4. The van der Waals surface area contributed by atoms with Gasteiger partial charge in [-0.3, -0.25) is 0 Å². The van der Waals surface area contributed by atoms with E-state index in [1.165, 1.54) is 53.3 Å². The Balaban J connectivity index is 1.75. The molecule has 1 fully saturated rings. The maximum atomic E-state index is 3.02. The Kier molecular flexibility index (Phi) is 8.43. The zero-order valence-electron chi connectivity index (χ0n) is 20.6. The van der Waals surface area contributed by atoms with Gasteiger partial charge in [-0.2, -0.15) is 0 Å². The van der Waals surface area contributed by atoms with E-state index in [9.17, 15) is 0 Å². The summed E-state index contributed by atoms with van der Waals surface area (Å²) in [7, 11) is -1.39. The van der Waals surface area contributed by atoms with Gasteiger partial charge in [0.15, 0.2) is 0 Å². The number of hydrogen-bond acceptors (Lipinski definition) is 1. The van der Waals surface area contributed by atoms with Crippen molar-refractivity contribution in [1.82, 2.24) is 4.44 Å². The molecule has 0 spiro atoms. The van der Waals surface area contributed by atoms with Crippen molar-refractivity contribution in [2.45, 2.75) is 45.1 Å². The quantitative estimate of drug-likeness (QED) is 0.231. The predicted molar refractivity (Wildman–Crippen MR) is 156 cm³/mol. The predicted octanol–water partition coefficient (Wildman–Crippen LogP) is 7.35. The third-order valence-electron chi connectivity index (χ3n) is 7.10. The van der Waals surface area contributed by atoms with Crippen LogP contribution in [0, 0.1) is 5.92 Å². The first-order valence-corrected chi connectivity index (χ1v) is 15.5. The molecule has 0 N–H and O–H groups in total. The van der Waals surface area contributed by atoms with Crippen LogP contribution in [0.15, 0.2) is 121 Å². The Hall–Kier alpha value is -2.30. The molecular weight excluding hydrogens is 460 g/mol. The average molecular weight is 496 g/mol. The molecule has 1 saturated carbocycles. The van der Waals surface area contributed by atoms with Gasteiger partial charge in [-0.1, -0.05) is 148 Å². The van der Waals surface area contributed by atoms with Crippen molar-refractivity contribution in [2.24, 2.45) is 5.92 Å². The van der Waals surface area contributed by atoms with E-state index in [0.29, 0.717) is 6.04 Å². The van der Waals surface area contributed by atoms with E-state index in [4.69, 9.17) is 0 Å². The zero-order valence-corrected chi connectivity index (χ0v) is 22.4. The van der Waals surface area contributed by atoms with Gasteiger partial charge in [-0.05, 0) is 40.0 Å². The summed E-state index contributed by atoms with van der Waals surface area (Å²) in [5.41, 5.74) is 0. The van der Waals surface area contributed by atoms with Gasteiger partial charge in [0.2, 0.25) is 0 Å². The lowest BCUT2D eigenvalue weighted by Gasteiger charge is -2.48. The minimum Gasteiger partial charge on any atom is -0.241 e. The normalized spacial score (nSPS) is 18.3. The summed E-state index contributed by atoms with van der Waals surface area (Å²) in [5, 5.41) is 5.81. The molecule has 0 heterocycles. The van der Waals surface area contributed by atoms with Crippen molar-refractivity contribution in [2.75, 3.05) is 0 Å². The van der Waals surface area contributed by atoms with Crippen LogP contribution in [0.1, 0.15) is 39.0 Å². The molecule has 1 aliphatic carbocycles. The lowest BCUT2D eigenvalue weighted by atomic mass is 9.83. The van der Waals surface area contributed by atoms with Crippen LogP contribution < -0.4 is 21.2 Å². The SMILES string of the molecule is CC[C@@H]1CCCC[C@H]1N(P(c1ccccc1)c1ccccc1)P(c1ccccc1)c1ccccc1. The summed E-state index contributed by atoms with van der Waals surface area (Å²) in [6.45, 7) is 2.40. The zero-order chi connectivity index (χ0) is 23.9. The molecule has 0 unspecified atom stereocenters. The van der Waals surface area contributed by atoms with Crippen LogP contribution in [0.25, 0.3) is 0 Å². The monoisotopic (exact) mass is 495 g/mol. The van der Waals surface area contributed by atoms with Crippen molar-refractivity contribution in [1.29, 1.82) is 0 Å². The largest absolute Gasteiger partial charge is 0.241 e. The second-order valence-corrected chi connectivity index (χ2v) is 13.8. The van der Waals surface area contributed by atoms with Crippen LogP contribution in [0.2, 0.25) is 0 Å². The molecule has 1 nitrogen and oxygen atoms in total. The summed E-state index contributed by atoms with van der Waals surface area (Å²) in [6.07, 6.45) is 6.58. The van der Waals surface area contributed by atoms with Gasteiger partial charge in [0, 0.05) is 22.2 Å². The summed E-state index contributed by atoms with van der Waals surface area (Å²) < 4.78 is 3.02. The highest BCUT2D eigenvalue weighted by atomic mass is 31.2. The molecule has 35 heavy (non-hydrogen) atoms. The van der Waals surface area contributed by atoms with Gasteiger partial charge >= 0.3 is 0 Å². The Bertz CT molecular complexity index is 989. The summed E-state index contributed by atoms with van der Waals surface area (Å²) in [5.74, 6) is 0.735. The summed E-state index contributed by atoms with van der Waals surface area (Å²) in [4.78, 5) is 0. The molecule has 0 saturated heterocycles. The Labute approximate surface area is 213 Å². The highest BCUT2D eigenvalue weighted by molar-refractivity contribution is 7.84. The molecular formula is C32H35NP2. The van der Waals surface area contributed by atoms with Crippen LogP contribution in [-0.2, 0) is 0 Å². The van der Waals surface area contributed by atoms with Gasteiger partial charge in [0.05, 0.1) is 0 Å². The van der Waals surface area contributed by atoms with E-state index in [1.807, 2.05) is 0 Å². The van der Waals surface area contributed by atoms with Gasteiger partial charge in [0.1, 0.15) is 0 Å². The Morgan fingerprint density at radius 1 is 0.543 bits per heavy atom. The van der Waals surface area contributed by atoms with E-state index in [-0.39, 0.29) is 0 Å². The topological polar surface area (TPSA) is 3.24 Å². The molecule has 178 valence electrons. The lowest BCUT2D eigenvalue weighted by Crippen LogP contribution is -2.43. The number of hydrogen-bond donors (Lipinski definition) is 0. The molecule has 0 aromatic heterocycles. The van der Waals surface area contributed by atoms with Crippen molar-refractivity contribution < 1.29 is 0 Å². The van der Waals surface area contributed by atoms with Gasteiger partial charge in [0.25, 0.3) is 0 Å². The average Bonchev–Trinajstić information content (AvgIpc) is 2.95. The fourth-order valence-corrected chi connectivity index (χ4v) is 11.9. The van der Waals surface area contributed by atoms with Crippen LogP contribution in [0.3, 0.4) is 0 Å². The van der Waals surface area contributed by atoms with E-state index >= 15 is 0 Å². The fraction of sp³-hybridized carbons (Fsp3) is 0.250. The van der Waals surface area contributed by atoms with Crippen LogP contribution >= 0.6 is 16.1 Å². The van der Waals surface area contributed by atoms with Gasteiger partial charge < -0.3 is 0 Å². The Morgan fingerprint density at radius 3 is 1.23 bits per heavy atom. The maximum Gasteiger partial charge on any atom is 0.0325 e. The van der Waals surface area contributed by atoms with Crippen molar-refractivity contribution in [3.05, 3.63) is 121 Å². The number of rotatable bonds is 8. The smallest absolute Gasteiger partial charge is 0.0325 e. The molecule has 0 amide bonds. The van der Waals surface area contributed by atoms with Gasteiger partial charge in [-0.15, -0.1) is 0 Å². The molecule has 4 aromatic rings. The highest BCUT2D eigenvalue weighted by Gasteiger charge is 2.40. The maximum absolute atomic E-state index is 3.02. The van der Waals surface area contributed by atoms with E-state index in [1.54, 1.807) is 0 Å². The lowest BCUT2D eigenvalue weighted by molar-refractivity contribution is 0.238. The van der Waals surface area contributed by atoms with Crippen LogP contribution in [0.4, 0.5) is 0 Å². The number of benzene rings is 4. The minimum atomic E-state index is -0.694. The molecule has 4 aromatic carbocycles. The highest BCUT2D eigenvalue weighted by Crippen LogP contribution is 2.58. The first-order chi connectivity index (χ1) is 17.4. The van der Waals surface area contributed by atoms with E-state index in [0.717, 1.165) is 5.92 Å². The molecule has 3 heteroatoms. The first-order valence-electron chi connectivity index (χ1n) is 13.0. The third-order valence-corrected chi connectivity index (χ3v) is 12.7. The third kappa shape index (κ3) is 5.59. The standard InChI is InChI=1S/C32H35NP2/c1-2-27-17-15-16-26-32(27)33(34(28-18-7-3-8-19-28)29-20-9-4-10-21-29)35(30-22-11-5-12-23-30)31-24-13-6-14-25-31/h3-14,18-25,27,32H,2,15-17,26H2,1H3/t27-,32-/m1/s1. The molecule has 5 rings (SSSR count). The molecule has 1 aliphatic rings. The second kappa shape index (κ2) is 12.1. The summed E-state index contributed by atoms with van der Waals surface area (Å²) >= 11 is 0. The van der Waals surface area contributed by atoms with Gasteiger partial charge in [-0.25, -0.2) is 4.44 Å². The second-order valence-electron chi connectivity index (χ2n) is 9.31. The molecule has 0 bridgehead atoms. The number of nitrogens with zero attached hydrogens (tertiary/aromatic N) is 1. The van der Waals surface area contributed by atoms with E-state index in [2.05, 4.69) is 133 Å². The molecule has 2 atom stereocenters. The summed E-state index contributed by atoms with van der Waals surface area (Å²) in [6, 6.07) is 45.8. The Morgan fingerprint density at radius 2 is 0.886 bits per heavy atom. The van der Waals surface area contributed by atoms with Crippen molar-refractivity contribution >= 4 is 37.4 Å². The van der Waals surface area contributed by atoms with Crippen molar-refractivity contribution in [3.63, 3.8) is 0 Å². The molecule has 0 aliphatic heterocycles. The van der Waals surface area contributed by atoms with Crippen LogP contribution in [-0.4, -0.2) is 10.5 Å². The van der Waals surface area contributed by atoms with E-state index < -0.39 is 16.1 Å². The van der Waals surface area contributed by atoms with Crippen LogP contribution in [0.5, 0.6) is 0 Å². The minimum absolute atomic E-state index is 0.576. The fourth-order valence-electron chi connectivity index (χ4n) is 5.40. The molecule has 0 radical (unpaired) electrons. The van der Waals surface area contributed by atoms with Crippen molar-refractivity contribution in [3.8, 4) is 0 Å².